The third-order valence-corrected chi connectivity index (χ3v) is 6.90. The molecule has 36 heavy (non-hydrogen) atoms. The molecule has 0 spiro atoms. The Morgan fingerprint density at radius 2 is 1.81 bits per heavy atom. The molecule has 2 aromatic carbocycles. The number of fused-ring (bicyclic) bond motifs is 1. The molecule has 0 saturated carbocycles. The Morgan fingerprint density at radius 3 is 2.44 bits per heavy atom. The predicted octanol–water partition coefficient (Wildman–Crippen LogP) is 5.17. The normalized spacial score (nSPS) is 20.0. The van der Waals surface area contributed by atoms with Gasteiger partial charge in [-0.1, -0.05) is 29.8 Å². The van der Waals surface area contributed by atoms with E-state index in [2.05, 4.69) is 15.3 Å². The summed E-state index contributed by atoms with van der Waals surface area (Å²) >= 11 is 6.09. The fourth-order valence-corrected chi connectivity index (χ4v) is 4.92. The zero-order chi connectivity index (χ0) is 25.4. The molecule has 1 aromatic heterocycles. The molecule has 1 N–H and O–H groups in total. The number of alkyl halides is 3. The standard InChI is InChI=1S/C25H25ClF3N5O2/c1-36-19-7-5-16(6-8-19)20-14-22(25(27,28)29)34-23(30-20)15-21(31-34)24(35)33-11-9-32(10-12-33)18-4-2-3-17(26)13-18/h2-8,13,15,20,22,30H,9-12,14H2,1H3/t20-,22-/m1/s1. The maximum absolute atomic E-state index is 14.0. The molecule has 190 valence electrons. The maximum Gasteiger partial charge on any atom is 0.410 e. The molecule has 7 nitrogen and oxygen atoms in total. The van der Waals surface area contributed by atoms with Gasteiger partial charge in [-0.05, 0) is 35.9 Å². The number of piperazine rings is 1. The first-order valence-corrected chi connectivity index (χ1v) is 12.0. The van der Waals surface area contributed by atoms with E-state index in [0.717, 1.165) is 10.4 Å². The van der Waals surface area contributed by atoms with Crippen molar-refractivity contribution in [3.8, 4) is 5.75 Å². The van der Waals surface area contributed by atoms with Crippen molar-refractivity contribution in [2.24, 2.45) is 0 Å². The van der Waals surface area contributed by atoms with Gasteiger partial charge in [-0.3, -0.25) is 4.79 Å². The van der Waals surface area contributed by atoms with Gasteiger partial charge in [0.1, 0.15) is 11.6 Å². The molecule has 3 heterocycles. The summed E-state index contributed by atoms with van der Waals surface area (Å²) in [7, 11) is 1.53. The number of halogens is 4. The van der Waals surface area contributed by atoms with Crippen LogP contribution < -0.4 is 15.0 Å². The second kappa shape index (κ2) is 9.57. The summed E-state index contributed by atoms with van der Waals surface area (Å²) in [5.74, 6) is 0.409. The highest BCUT2D eigenvalue weighted by Crippen LogP contribution is 2.44. The quantitative estimate of drug-likeness (QED) is 0.515. The molecule has 1 amide bonds. The molecule has 0 aliphatic carbocycles. The summed E-state index contributed by atoms with van der Waals surface area (Å²) in [5, 5.41) is 7.88. The SMILES string of the molecule is COc1ccc([C@H]2C[C@H](C(F)(F)F)n3nc(C(=O)N4CCN(c5cccc(Cl)c5)CC4)cc3N2)cc1. The minimum Gasteiger partial charge on any atom is -0.497 e. The summed E-state index contributed by atoms with van der Waals surface area (Å²) in [5.41, 5.74) is 1.66. The minimum atomic E-state index is -4.52. The van der Waals surface area contributed by atoms with Gasteiger partial charge in [0.15, 0.2) is 11.7 Å². The smallest absolute Gasteiger partial charge is 0.410 e. The third kappa shape index (κ3) is 4.82. The summed E-state index contributed by atoms with van der Waals surface area (Å²) in [4.78, 5) is 16.9. The van der Waals surface area contributed by atoms with Crippen LogP contribution in [0.1, 0.15) is 34.6 Å². The largest absolute Gasteiger partial charge is 0.497 e. The number of methoxy groups -OCH3 is 1. The molecule has 2 atom stereocenters. The first kappa shape index (κ1) is 24.3. The van der Waals surface area contributed by atoms with E-state index >= 15 is 0 Å². The van der Waals surface area contributed by atoms with Gasteiger partial charge >= 0.3 is 6.18 Å². The summed E-state index contributed by atoms with van der Waals surface area (Å²) < 4.78 is 48.1. The number of nitrogens with one attached hydrogen (secondary N) is 1. The highest BCUT2D eigenvalue weighted by molar-refractivity contribution is 6.30. The second-order valence-corrected chi connectivity index (χ2v) is 9.32. The van der Waals surface area contributed by atoms with Gasteiger partial charge in [0.25, 0.3) is 5.91 Å². The summed E-state index contributed by atoms with van der Waals surface area (Å²) in [6.45, 7) is 2.03. The van der Waals surface area contributed by atoms with Crippen LogP contribution in [-0.2, 0) is 0 Å². The van der Waals surface area contributed by atoms with Crippen molar-refractivity contribution in [3.63, 3.8) is 0 Å². The summed E-state index contributed by atoms with van der Waals surface area (Å²) in [6.07, 6.45) is -4.76. The van der Waals surface area contributed by atoms with Crippen molar-refractivity contribution in [2.45, 2.75) is 24.7 Å². The number of carbonyl (C=O) groups excluding carboxylic acids is 1. The van der Waals surface area contributed by atoms with Gasteiger partial charge in [-0.15, -0.1) is 0 Å². The molecule has 0 bridgehead atoms. The molecule has 0 unspecified atom stereocenters. The molecular weight excluding hydrogens is 495 g/mol. The Hall–Kier alpha value is -3.40. The Morgan fingerprint density at radius 1 is 1.08 bits per heavy atom. The van der Waals surface area contributed by atoms with Crippen LogP contribution in [0.25, 0.3) is 0 Å². The van der Waals surface area contributed by atoms with E-state index in [0.29, 0.717) is 42.5 Å². The Kier molecular flexibility index (Phi) is 6.46. The van der Waals surface area contributed by atoms with E-state index in [1.54, 1.807) is 35.2 Å². The third-order valence-electron chi connectivity index (χ3n) is 6.67. The van der Waals surface area contributed by atoms with Gasteiger partial charge in [-0.2, -0.15) is 18.3 Å². The minimum absolute atomic E-state index is 0.00154. The maximum atomic E-state index is 14.0. The van der Waals surface area contributed by atoms with Crippen molar-refractivity contribution >= 4 is 29.0 Å². The fourth-order valence-electron chi connectivity index (χ4n) is 4.74. The zero-order valence-corrected chi connectivity index (χ0v) is 20.3. The van der Waals surface area contributed by atoms with Crippen LogP contribution >= 0.6 is 11.6 Å². The van der Waals surface area contributed by atoms with Crippen molar-refractivity contribution in [1.82, 2.24) is 14.7 Å². The van der Waals surface area contributed by atoms with E-state index in [9.17, 15) is 18.0 Å². The van der Waals surface area contributed by atoms with E-state index in [1.807, 2.05) is 18.2 Å². The molecular formula is C25H25ClF3N5O2. The molecule has 1 saturated heterocycles. The average molecular weight is 520 g/mol. The predicted molar refractivity (Wildman–Crippen MR) is 131 cm³/mol. The number of aromatic nitrogens is 2. The van der Waals surface area contributed by atoms with Gasteiger partial charge in [0.05, 0.1) is 13.2 Å². The van der Waals surface area contributed by atoms with E-state index in [-0.39, 0.29) is 23.8 Å². The Labute approximate surface area is 211 Å². The molecule has 11 heteroatoms. The van der Waals surface area contributed by atoms with Gasteiger partial charge in [0, 0.05) is 49.4 Å². The first-order valence-electron chi connectivity index (χ1n) is 11.6. The van der Waals surface area contributed by atoms with Crippen molar-refractivity contribution in [2.75, 3.05) is 43.5 Å². The zero-order valence-electron chi connectivity index (χ0n) is 19.5. The highest BCUT2D eigenvalue weighted by atomic mass is 35.5. The molecule has 0 radical (unpaired) electrons. The number of hydrogen-bond donors (Lipinski definition) is 1. The Balaban J connectivity index is 1.34. The van der Waals surface area contributed by atoms with Crippen molar-refractivity contribution in [3.05, 3.63) is 70.9 Å². The number of benzene rings is 2. The molecule has 2 aliphatic heterocycles. The van der Waals surface area contributed by atoms with Gasteiger partial charge < -0.3 is 19.9 Å². The summed E-state index contributed by atoms with van der Waals surface area (Å²) in [6, 6.07) is 13.4. The molecule has 1 fully saturated rings. The number of rotatable bonds is 4. The Bertz CT molecular complexity index is 1240. The monoisotopic (exact) mass is 519 g/mol. The molecule has 3 aromatic rings. The lowest BCUT2D eigenvalue weighted by Crippen LogP contribution is -2.49. The number of anilines is 2. The molecule has 2 aliphatic rings. The number of carbonyl (C=O) groups is 1. The van der Waals surface area contributed by atoms with Crippen LogP contribution in [-0.4, -0.2) is 60.1 Å². The number of nitrogens with zero attached hydrogens (tertiary/aromatic N) is 4. The van der Waals surface area contributed by atoms with Crippen molar-refractivity contribution in [1.29, 1.82) is 0 Å². The van der Waals surface area contributed by atoms with Crippen LogP contribution in [0.3, 0.4) is 0 Å². The van der Waals surface area contributed by atoms with E-state index in [1.165, 1.54) is 13.2 Å². The number of ether oxygens (including phenoxy) is 1. The van der Waals surface area contributed by atoms with Gasteiger partial charge in [-0.25, -0.2) is 4.68 Å². The van der Waals surface area contributed by atoms with E-state index in [4.69, 9.17) is 16.3 Å². The van der Waals surface area contributed by atoms with Crippen LogP contribution in [0, 0.1) is 0 Å². The van der Waals surface area contributed by atoms with Crippen LogP contribution in [0.4, 0.5) is 24.7 Å². The lowest BCUT2D eigenvalue weighted by Gasteiger charge is -2.35. The average Bonchev–Trinajstić information content (AvgIpc) is 3.31. The highest BCUT2D eigenvalue weighted by Gasteiger charge is 2.47. The van der Waals surface area contributed by atoms with Crippen molar-refractivity contribution < 1.29 is 22.7 Å². The van der Waals surface area contributed by atoms with Gasteiger partial charge in [0.2, 0.25) is 0 Å². The number of hydrogen-bond acceptors (Lipinski definition) is 5. The van der Waals surface area contributed by atoms with Crippen LogP contribution in [0.5, 0.6) is 5.75 Å². The lowest BCUT2D eigenvalue weighted by atomic mass is 9.97. The topological polar surface area (TPSA) is 62.6 Å². The fraction of sp³-hybridized carbons (Fsp3) is 0.360. The van der Waals surface area contributed by atoms with Crippen LogP contribution in [0.2, 0.25) is 5.02 Å². The van der Waals surface area contributed by atoms with Crippen LogP contribution in [0.15, 0.2) is 54.6 Å². The first-order chi connectivity index (χ1) is 17.2. The lowest BCUT2D eigenvalue weighted by molar-refractivity contribution is -0.173. The van der Waals surface area contributed by atoms with E-state index < -0.39 is 18.3 Å². The number of amides is 1. The molecule has 5 rings (SSSR count). The second-order valence-electron chi connectivity index (χ2n) is 8.88.